The summed E-state index contributed by atoms with van der Waals surface area (Å²) in [5, 5.41) is 7.81. The van der Waals surface area contributed by atoms with Gasteiger partial charge in [-0.15, -0.1) is 0 Å². The van der Waals surface area contributed by atoms with E-state index in [9.17, 15) is 0 Å². The zero-order chi connectivity index (χ0) is 20.5. The van der Waals surface area contributed by atoms with E-state index in [2.05, 4.69) is 52.6 Å². The first-order valence-electron chi connectivity index (χ1n) is 10.2. The molecule has 1 aromatic carbocycles. The summed E-state index contributed by atoms with van der Waals surface area (Å²) in [6, 6.07) is 8.18. The monoisotopic (exact) mass is 404 g/mol. The van der Waals surface area contributed by atoms with Gasteiger partial charge in [0, 0.05) is 49.1 Å². The van der Waals surface area contributed by atoms with Gasteiger partial charge in [0.2, 0.25) is 11.8 Å². The Kier molecular flexibility index (Phi) is 4.80. The molecule has 0 aliphatic carbocycles. The van der Waals surface area contributed by atoms with E-state index in [0.717, 1.165) is 42.8 Å². The van der Waals surface area contributed by atoms with E-state index in [1.165, 1.54) is 5.69 Å². The highest BCUT2D eigenvalue weighted by Gasteiger charge is 2.15. The molecule has 9 nitrogen and oxygen atoms in total. The van der Waals surface area contributed by atoms with Gasteiger partial charge in [0.15, 0.2) is 5.65 Å². The second-order valence-corrected chi connectivity index (χ2v) is 7.54. The number of ether oxygens (including phenoxy) is 1. The van der Waals surface area contributed by atoms with Crippen LogP contribution < -0.4 is 20.3 Å². The fourth-order valence-corrected chi connectivity index (χ4v) is 3.69. The maximum atomic E-state index is 5.85. The molecule has 1 aliphatic heterocycles. The summed E-state index contributed by atoms with van der Waals surface area (Å²) >= 11 is 0. The number of fused-ring (bicyclic) bond motifs is 2. The number of hydrogen-bond donors (Lipinski definition) is 3. The molecule has 0 spiro atoms. The van der Waals surface area contributed by atoms with Gasteiger partial charge in [0.05, 0.1) is 17.9 Å². The predicted molar refractivity (Wildman–Crippen MR) is 118 cm³/mol. The van der Waals surface area contributed by atoms with E-state index in [4.69, 9.17) is 4.74 Å². The smallest absolute Gasteiger partial charge is 0.245 e. The van der Waals surface area contributed by atoms with Crippen molar-refractivity contribution >= 4 is 39.4 Å². The van der Waals surface area contributed by atoms with Crippen LogP contribution in [0.3, 0.4) is 0 Å². The number of aromatic nitrogens is 5. The van der Waals surface area contributed by atoms with Crippen LogP contribution in [0.2, 0.25) is 0 Å². The van der Waals surface area contributed by atoms with Crippen molar-refractivity contribution in [1.29, 1.82) is 0 Å². The molecular formula is C21H24N8O. The lowest BCUT2D eigenvalue weighted by Crippen LogP contribution is -2.43. The summed E-state index contributed by atoms with van der Waals surface area (Å²) in [5.74, 6) is 0.927. The largest absolute Gasteiger partial charge is 0.473 e. The van der Waals surface area contributed by atoms with Gasteiger partial charge in [-0.1, -0.05) is 0 Å². The Morgan fingerprint density at radius 2 is 1.97 bits per heavy atom. The third kappa shape index (κ3) is 3.59. The number of nitrogens with zero attached hydrogens (tertiary/aromatic N) is 5. The highest BCUT2D eigenvalue weighted by molar-refractivity contribution is 5.94. The molecular weight excluding hydrogens is 380 g/mol. The third-order valence-corrected chi connectivity index (χ3v) is 5.03. The molecule has 1 aliphatic rings. The number of imidazole rings is 1. The van der Waals surface area contributed by atoms with Gasteiger partial charge in [0.25, 0.3) is 0 Å². The van der Waals surface area contributed by atoms with Crippen molar-refractivity contribution < 1.29 is 4.74 Å². The topological polar surface area (TPSA) is 104 Å². The summed E-state index contributed by atoms with van der Waals surface area (Å²) in [5.41, 5.74) is 4.30. The van der Waals surface area contributed by atoms with E-state index >= 15 is 0 Å². The van der Waals surface area contributed by atoms with Crippen molar-refractivity contribution in [3.8, 4) is 5.88 Å². The van der Waals surface area contributed by atoms with Crippen LogP contribution in [0.4, 0.5) is 17.3 Å². The minimum atomic E-state index is -0.00687. The van der Waals surface area contributed by atoms with Crippen LogP contribution in [-0.2, 0) is 0 Å². The lowest BCUT2D eigenvalue weighted by molar-refractivity contribution is 0.235. The quantitative estimate of drug-likeness (QED) is 0.467. The van der Waals surface area contributed by atoms with Gasteiger partial charge >= 0.3 is 0 Å². The number of piperazine rings is 1. The van der Waals surface area contributed by atoms with E-state index in [-0.39, 0.29) is 6.10 Å². The molecule has 0 bridgehead atoms. The first-order chi connectivity index (χ1) is 14.7. The van der Waals surface area contributed by atoms with Gasteiger partial charge < -0.3 is 25.3 Å². The van der Waals surface area contributed by atoms with Gasteiger partial charge in [-0.2, -0.15) is 9.97 Å². The second kappa shape index (κ2) is 7.75. The Hall–Kier alpha value is -3.46. The molecule has 0 unspecified atom stereocenters. The molecule has 4 aromatic rings. The van der Waals surface area contributed by atoms with E-state index in [1.807, 2.05) is 32.2 Å². The Balaban J connectivity index is 1.51. The summed E-state index contributed by atoms with van der Waals surface area (Å²) in [6.45, 7) is 7.85. The van der Waals surface area contributed by atoms with Crippen LogP contribution in [0.5, 0.6) is 5.88 Å². The molecule has 5 rings (SSSR count). The minimum absolute atomic E-state index is 0.00687. The highest BCUT2D eigenvalue weighted by Crippen LogP contribution is 2.30. The summed E-state index contributed by atoms with van der Waals surface area (Å²) in [4.78, 5) is 23.3. The summed E-state index contributed by atoms with van der Waals surface area (Å²) < 4.78 is 5.85. The highest BCUT2D eigenvalue weighted by atomic mass is 16.5. The Labute approximate surface area is 173 Å². The molecule has 30 heavy (non-hydrogen) atoms. The molecule has 0 amide bonds. The Morgan fingerprint density at radius 3 is 2.80 bits per heavy atom. The second-order valence-electron chi connectivity index (χ2n) is 7.54. The molecule has 4 heterocycles. The van der Waals surface area contributed by atoms with Crippen LogP contribution in [0, 0.1) is 0 Å². The SMILES string of the molecule is CC(C)Oc1nc(Nc2ccc3nccc(N4CCNCC4)c3c2)nc2nc[nH]c12. The zero-order valence-corrected chi connectivity index (χ0v) is 17.0. The molecule has 0 atom stereocenters. The number of H-pyrrole nitrogens is 1. The lowest BCUT2D eigenvalue weighted by Gasteiger charge is -2.30. The average molecular weight is 404 g/mol. The van der Waals surface area contributed by atoms with Crippen LogP contribution in [0.25, 0.3) is 22.1 Å². The van der Waals surface area contributed by atoms with Crippen LogP contribution >= 0.6 is 0 Å². The van der Waals surface area contributed by atoms with Crippen molar-refractivity contribution in [2.45, 2.75) is 20.0 Å². The van der Waals surface area contributed by atoms with Gasteiger partial charge in [-0.05, 0) is 38.1 Å². The molecule has 154 valence electrons. The average Bonchev–Trinajstić information content (AvgIpc) is 3.22. The molecule has 0 radical (unpaired) electrons. The Morgan fingerprint density at radius 1 is 1.10 bits per heavy atom. The number of anilines is 3. The maximum absolute atomic E-state index is 5.85. The van der Waals surface area contributed by atoms with E-state index in [0.29, 0.717) is 23.0 Å². The van der Waals surface area contributed by atoms with Crippen molar-refractivity contribution in [2.75, 3.05) is 36.4 Å². The van der Waals surface area contributed by atoms with Crippen molar-refractivity contribution in [3.63, 3.8) is 0 Å². The molecule has 9 heteroatoms. The number of pyridine rings is 1. The fraction of sp³-hybridized carbons (Fsp3) is 0.333. The summed E-state index contributed by atoms with van der Waals surface area (Å²) in [6.07, 6.45) is 3.46. The fourth-order valence-electron chi connectivity index (χ4n) is 3.69. The minimum Gasteiger partial charge on any atom is -0.473 e. The van der Waals surface area contributed by atoms with Crippen molar-refractivity contribution in [3.05, 3.63) is 36.8 Å². The number of rotatable bonds is 5. The first-order valence-corrected chi connectivity index (χ1v) is 10.2. The predicted octanol–water partition coefficient (Wildman–Crippen LogP) is 2.84. The Bertz CT molecular complexity index is 1180. The number of aromatic amines is 1. The number of benzene rings is 1. The third-order valence-electron chi connectivity index (χ3n) is 5.03. The lowest BCUT2D eigenvalue weighted by atomic mass is 10.1. The molecule has 3 N–H and O–H groups in total. The maximum Gasteiger partial charge on any atom is 0.245 e. The zero-order valence-electron chi connectivity index (χ0n) is 17.0. The van der Waals surface area contributed by atoms with E-state index in [1.54, 1.807) is 6.33 Å². The van der Waals surface area contributed by atoms with E-state index < -0.39 is 0 Å². The molecule has 1 fully saturated rings. The summed E-state index contributed by atoms with van der Waals surface area (Å²) in [7, 11) is 0. The molecule has 3 aromatic heterocycles. The molecule has 0 saturated carbocycles. The number of nitrogens with one attached hydrogen (secondary N) is 3. The van der Waals surface area contributed by atoms with Gasteiger partial charge in [-0.25, -0.2) is 4.98 Å². The normalized spacial score (nSPS) is 14.6. The molecule has 1 saturated heterocycles. The van der Waals surface area contributed by atoms with Crippen LogP contribution in [-0.4, -0.2) is 57.2 Å². The van der Waals surface area contributed by atoms with Crippen molar-refractivity contribution in [1.82, 2.24) is 30.2 Å². The van der Waals surface area contributed by atoms with Crippen LogP contribution in [0.15, 0.2) is 36.8 Å². The van der Waals surface area contributed by atoms with Crippen LogP contribution in [0.1, 0.15) is 13.8 Å². The first kappa shape index (κ1) is 18.6. The van der Waals surface area contributed by atoms with Gasteiger partial charge in [-0.3, -0.25) is 4.98 Å². The van der Waals surface area contributed by atoms with Gasteiger partial charge in [0.1, 0.15) is 5.52 Å². The standard InChI is InChI=1S/C21H24N8O/c1-13(2)30-20-18-19(25-12-24-18)27-21(28-20)26-14-3-4-16-15(11-14)17(5-6-23-16)29-9-7-22-8-10-29/h3-6,11-13,22H,7-10H2,1-2H3,(H2,24,25,26,27,28). The van der Waals surface area contributed by atoms with Crippen molar-refractivity contribution in [2.24, 2.45) is 0 Å². The number of hydrogen-bond acceptors (Lipinski definition) is 8.